The number of anilines is 1. The number of carbonyl (C=O) groups is 1. The van der Waals surface area contributed by atoms with Gasteiger partial charge in [0.2, 0.25) is 5.91 Å². The van der Waals surface area contributed by atoms with Gasteiger partial charge in [-0.15, -0.1) is 0 Å². The van der Waals surface area contributed by atoms with Crippen LogP contribution in [0.4, 0.5) is 5.69 Å². The quantitative estimate of drug-likeness (QED) is 0.728. The Morgan fingerprint density at radius 2 is 2.19 bits per heavy atom. The topological polar surface area (TPSA) is 45.5 Å². The fraction of sp³-hybridized carbons (Fsp3) is 0.261. The van der Waals surface area contributed by atoms with Crippen LogP contribution in [0.25, 0.3) is 11.3 Å². The first-order valence-electron chi connectivity index (χ1n) is 9.24. The van der Waals surface area contributed by atoms with Gasteiger partial charge in [-0.3, -0.25) is 4.79 Å². The first-order chi connectivity index (χ1) is 13.0. The Labute approximate surface area is 160 Å². The minimum Gasteiger partial charge on any atom is -0.464 e. The van der Waals surface area contributed by atoms with Crippen LogP contribution in [0.2, 0.25) is 0 Å². The number of fused-ring (bicyclic) bond motifs is 1. The van der Waals surface area contributed by atoms with Crippen LogP contribution in [0.1, 0.15) is 38.8 Å². The van der Waals surface area contributed by atoms with Crippen LogP contribution < -0.4 is 10.2 Å². The van der Waals surface area contributed by atoms with Crippen LogP contribution in [0.15, 0.2) is 77.6 Å². The molecule has 2 atom stereocenters. The Kier molecular flexibility index (Phi) is 5.65. The molecule has 0 fully saturated rings. The van der Waals surface area contributed by atoms with E-state index in [1.54, 1.807) is 19.3 Å². The van der Waals surface area contributed by atoms with Gasteiger partial charge in [-0.2, -0.15) is 0 Å². The second kappa shape index (κ2) is 8.12. The molecule has 0 bridgehead atoms. The van der Waals surface area contributed by atoms with E-state index in [0.29, 0.717) is 0 Å². The highest BCUT2D eigenvalue weighted by Crippen LogP contribution is 2.40. The molecule has 0 aliphatic carbocycles. The van der Waals surface area contributed by atoms with Gasteiger partial charge < -0.3 is 14.6 Å². The van der Waals surface area contributed by atoms with Gasteiger partial charge in [-0.25, -0.2) is 0 Å². The van der Waals surface area contributed by atoms with Crippen molar-refractivity contribution in [2.75, 3.05) is 4.90 Å². The third kappa shape index (κ3) is 3.90. The SMILES string of the molecule is C=C/C=C\C(=C/C)N[C@H]1C[C@H](C)N(C(C)=O)c2ccc(-c3ccco3)cc21. The lowest BCUT2D eigenvalue weighted by Crippen LogP contribution is -2.44. The second-order valence-corrected chi connectivity index (χ2v) is 6.76. The minimum atomic E-state index is 0.0609. The fourth-order valence-electron chi connectivity index (χ4n) is 3.68. The number of carbonyl (C=O) groups excluding carboxylic acids is 1. The number of rotatable bonds is 5. The maximum Gasteiger partial charge on any atom is 0.224 e. The Hall–Kier alpha value is -3.01. The molecule has 0 radical (unpaired) electrons. The van der Waals surface area contributed by atoms with E-state index in [1.807, 2.05) is 54.3 Å². The molecule has 1 aliphatic rings. The van der Waals surface area contributed by atoms with Crippen molar-refractivity contribution in [1.29, 1.82) is 0 Å². The van der Waals surface area contributed by atoms with Crippen molar-refractivity contribution in [3.8, 4) is 11.3 Å². The number of nitrogens with zero attached hydrogens (tertiary/aromatic N) is 1. The van der Waals surface area contributed by atoms with E-state index in [1.165, 1.54) is 0 Å². The number of hydrogen-bond acceptors (Lipinski definition) is 3. The van der Waals surface area contributed by atoms with Crippen molar-refractivity contribution in [2.45, 2.75) is 39.3 Å². The summed E-state index contributed by atoms with van der Waals surface area (Å²) < 4.78 is 5.56. The molecule has 0 saturated heterocycles. The lowest BCUT2D eigenvalue weighted by atomic mass is 9.89. The monoisotopic (exact) mass is 362 g/mol. The van der Waals surface area contributed by atoms with Crippen molar-refractivity contribution in [3.63, 3.8) is 0 Å². The van der Waals surface area contributed by atoms with Crippen LogP contribution >= 0.6 is 0 Å². The average molecular weight is 362 g/mol. The number of allylic oxidation sites excluding steroid dienone is 4. The van der Waals surface area contributed by atoms with E-state index in [0.717, 1.165) is 34.7 Å². The highest BCUT2D eigenvalue weighted by atomic mass is 16.3. The Morgan fingerprint density at radius 1 is 1.37 bits per heavy atom. The number of amides is 1. The predicted molar refractivity (Wildman–Crippen MR) is 110 cm³/mol. The first-order valence-corrected chi connectivity index (χ1v) is 9.24. The third-order valence-corrected chi connectivity index (χ3v) is 4.89. The lowest BCUT2D eigenvalue weighted by Gasteiger charge is -2.40. The van der Waals surface area contributed by atoms with Crippen molar-refractivity contribution in [1.82, 2.24) is 5.32 Å². The molecule has 2 aromatic rings. The Morgan fingerprint density at radius 3 is 2.81 bits per heavy atom. The van der Waals surface area contributed by atoms with Crippen LogP contribution in [0, 0.1) is 0 Å². The molecule has 1 aromatic carbocycles. The third-order valence-electron chi connectivity index (χ3n) is 4.89. The fourth-order valence-corrected chi connectivity index (χ4v) is 3.68. The second-order valence-electron chi connectivity index (χ2n) is 6.76. The minimum absolute atomic E-state index is 0.0609. The zero-order valence-electron chi connectivity index (χ0n) is 16.1. The van der Waals surface area contributed by atoms with Gasteiger partial charge in [-0.05, 0) is 62.2 Å². The van der Waals surface area contributed by atoms with Gasteiger partial charge in [0, 0.05) is 29.9 Å². The molecule has 4 heteroatoms. The van der Waals surface area contributed by atoms with E-state index in [9.17, 15) is 4.79 Å². The number of nitrogens with one attached hydrogen (secondary N) is 1. The predicted octanol–water partition coefficient (Wildman–Crippen LogP) is 5.37. The summed E-state index contributed by atoms with van der Waals surface area (Å²) in [6, 6.07) is 10.2. The molecule has 1 amide bonds. The van der Waals surface area contributed by atoms with Crippen LogP contribution in [0.5, 0.6) is 0 Å². The zero-order valence-corrected chi connectivity index (χ0v) is 16.1. The summed E-state index contributed by atoms with van der Waals surface area (Å²) >= 11 is 0. The molecule has 0 unspecified atom stereocenters. The normalized spacial score (nSPS) is 19.8. The van der Waals surface area contributed by atoms with Crippen molar-refractivity contribution in [2.24, 2.45) is 0 Å². The van der Waals surface area contributed by atoms with Gasteiger partial charge in [0.25, 0.3) is 0 Å². The van der Waals surface area contributed by atoms with E-state index >= 15 is 0 Å². The molecule has 27 heavy (non-hydrogen) atoms. The van der Waals surface area contributed by atoms with Crippen LogP contribution in [-0.4, -0.2) is 11.9 Å². The van der Waals surface area contributed by atoms with Crippen molar-refractivity contribution < 1.29 is 9.21 Å². The first kappa shape index (κ1) is 18.8. The summed E-state index contributed by atoms with van der Waals surface area (Å²) in [6.45, 7) is 9.45. The Balaban J connectivity index is 2.04. The van der Waals surface area contributed by atoms with Gasteiger partial charge in [0.15, 0.2) is 0 Å². The van der Waals surface area contributed by atoms with E-state index < -0.39 is 0 Å². The van der Waals surface area contributed by atoms with Gasteiger partial charge in [-0.1, -0.05) is 24.8 Å². The maximum atomic E-state index is 12.3. The molecular weight excluding hydrogens is 336 g/mol. The summed E-state index contributed by atoms with van der Waals surface area (Å²) in [7, 11) is 0. The largest absolute Gasteiger partial charge is 0.464 e. The van der Waals surface area contributed by atoms with Crippen molar-refractivity contribution >= 4 is 11.6 Å². The highest BCUT2D eigenvalue weighted by molar-refractivity contribution is 5.94. The molecule has 1 aromatic heterocycles. The summed E-state index contributed by atoms with van der Waals surface area (Å²) in [5, 5.41) is 3.62. The lowest BCUT2D eigenvalue weighted by molar-refractivity contribution is -0.117. The number of hydrogen-bond donors (Lipinski definition) is 1. The molecule has 1 aliphatic heterocycles. The number of furan rings is 1. The maximum absolute atomic E-state index is 12.3. The van der Waals surface area contributed by atoms with E-state index in [2.05, 4.69) is 24.9 Å². The zero-order chi connectivity index (χ0) is 19.4. The van der Waals surface area contributed by atoms with Crippen LogP contribution in [0.3, 0.4) is 0 Å². The van der Waals surface area contributed by atoms with Gasteiger partial charge in [0.05, 0.1) is 12.3 Å². The summed E-state index contributed by atoms with van der Waals surface area (Å²) in [6.07, 6.45) is 10.2. The smallest absolute Gasteiger partial charge is 0.224 e. The van der Waals surface area contributed by atoms with Crippen molar-refractivity contribution in [3.05, 3.63) is 78.7 Å². The van der Waals surface area contributed by atoms with E-state index in [4.69, 9.17) is 4.42 Å². The molecule has 2 heterocycles. The molecule has 4 nitrogen and oxygen atoms in total. The Bertz CT molecular complexity index is 878. The van der Waals surface area contributed by atoms with Gasteiger partial charge in [0.1, 0.15) is 5.76 Å². The van der Waals surface area contributed by atoms with Crippen LogP contribution in [-0.2, 0) is 4.79 Å². The molecule has 1 N–H and O–H groups in total. The summed E-state index contributed by atoms with van der Waals surface area (Å²) in [5.41, 5.74) is 4.09. The molecule has 3 rings (SSSR count). The van der Waals surface area contributed by atoms with Gasteiger partial charge >= 0.3 is 0 Å². The summed E-state index contributed by atoms with van der Waals surface area (Å²) in [5.74, 6) is 0.883. The molecule has 0 saturated carbocycles. The summed E-state index contributed by atoms with van der Waals surface area (Å²) in [4.78, 5) is 14.1. The highest BCUT2D eigenvalue weighted by Gasteiger charge is 2.32. The molecule has 140 valence electrons. The van der Waals surface area contributed by atoms with E-state index in [-0.39, 0.29) is 18.0 Å². The molecular formula is C23H26N2O2. The number of benzene rings is 1. The average Bonchev–Trinajstić information content (AvgIpc) is 3.19. The standard InChI is InChI=1S/C23H26N2O2/c1-5-7-9-19(6-2)24-21-14-16(3)25(17(4)26)22-12-11-18(15-20(21)22)23-10-8-13-27-23/h5-13,15-16,21,24H,1,14H2,2-4H3/b9-7-,19-6+/t16-,21-/m0/s1. The molecule has 0 spiro atoms.